The van der Waals surface area contributed by atoms with E-state index in [9.17, 15) is 9.59 Å². The number of amides is 1. The number of benzene rings is 1. The van der Waals surface area contributed by atoms with Crippen molar-refractivity contribution in [1.29, 1.82) is 0 Å². The zero-order chi connectivity index (χ0) is 14.9. The molecule has 6 nitrogen and oxygen atoms in total. The van der Waals surface area contributed by atoms with Crippen molar-refractivity contribution in [3.63, 3.8) is 0 Å². The van der Waals surface area contributed by atoms with Crippen LogP contribution in [0.1, 0.15) is 21.7 Å². The standard InChI is InChI=1S/C13H13ClN4O2/c1-7-6-11(19)12(13(20)16-15)17-18(7)10-5-3-4-9(14)8(10)2/h3-6H,15H2,1-2H3,(H,16,20). The molecule has 1 aromatic carbocycles. The molecule has 0 spiro atoms. The summed E-state index contributed by atoms with van der Waals surface area (Å²) in [7, 11) is 0. The summed E-state index contributed by atoms with van der Waals surface area (Å²) < 4.78 is 1.49. The maximum atomic E-state index is 11.8. The lowest BCUT2D eigenvalue weighted by molar-refractivity contribution is 0.0945. The van der Waals surface area contributed by atoms with E-state index in [1.807, 2.05) is 12.3 Å². The first-order chi connectivity index (χ1) is 9.45. The van der Waals surface area contributed by atoms with E-state index < -0.39 is 11.3 Å². The van der Waals surface area contributed by atoms with Crippen LogP contribution in [0.5, 0.6) is 0 Å². The molecule has 104 valence electrons. The first-order valence-electron chi connectivity index (χ1n) is 5.83. The molecule has 1 amide bonds. The molecule has 0 saturated heterocycles. The Morgan fingerprint density at radius 3 is 2.75 bits per heavy atom. The van der Waals surface area contributed by atoms with Crippen molar-refractivity contribution in [2.75, 3.05) is 0 Å². The minimum absolute atomic E-state index is 0.266. The van der Waals surface area contributed by atoms with E-state index in [2.05, 4.69) is 5.10 Å². The van der Waals surface area contributed by atoms with Crippen molar-refractivity contribution >= 4 is 17.5 Å². The molecule has 0 radical (unpaired) electrons. The van der Waals surface area contributed by atoms with Crippen LogP contribution in [0.4, 0.5) is 0 Å². The molecule has 0 unspecified atom stereocenters. The molecule has 20 heavy (non-hydrogen) atoms. The van der Waals surface area contributed by atoms with E-state index in [4.69, 9.17) is 17.4 Å². The average Bonchev–Trinajstić information content (AvgIpc) is 2.42. The van der Waals surface area contributed by atoms with Gasteiger partial charge in [-0.1, -0.05) is 17.7 Å². The number of aryl methyl sites for hydroxylation is 1. The van der Waals surface area contributed by atoms with Crippen LogP contribution in [0.15, 0.2) is 29.1 Å². The van der Waals surface area contributed by atoms with Crippen molar-refractivity contribution in [3.05, 3.63) is 56.5 Å². The molecule has 1 heterocycles. The topological polar surface area (TPSA) is 90.0 Å². The molecular formula is C13H13ClN4O2. The van der Waals surface area contributed by atoms with Gasteiger partial charge in [-0.05, 0) is 31.5 Å². The number of nitrogens with one attached hydrogen (secondary N) is 1. The molecule has 2 rings (SSSR count). The SMILES string of the molecule is Cc1c(Cl)cccc1-n1nc(C(=O)NN)c(=O)cc1C. The van der Waals surface area contributed by atoms with Crippen molar-refractivity contribution in [1.82, 2.24) is 15.2 Å². The lowest BCUT2D eigenvalue weighted by Gasteiger charge is -2.13. The number of nitrogen functional groups attached to an aromatic ring is 1. The molecule has 3 N–H and O–H groups in total. The Labute approximate surface area is 120 Å². The summed E-state index contributed by atoms with van der Waals surface area (Å²) in [6.07, 6.45) is 0. The Balaban J connectivity index is 2.71. The van der Waals surface area contributed by atoms with E-state index in [-0.39, 0.29) is 5.69 Å². The van der Waals surface area contributed by atoms with Gasteiger partial charge in [-0.3, -0.25) is 15.0 Å². The third-order valence-corrected chi connectivity index (χ3v) is 3.33. The van der Waals surface area contributed by atoms with Crippen LogP contribution in [-0.2, 0) is 0 Å². The Morgan fingerprint density at radius 1 is 1.40 bits per heavy atom. The molecule has 0 atom stereocenters. The first-order valence-corrected chi connectivity index (χ1v) is 6.21. The first kappa shape index (κ1) is 14.2. The van der Waals surface area contributed by atoms with E-state index in [0.29, 0.717) is 16.4 Å². The van der Waals surface area contributed by atoms with Crippen molar-refractivity contribution < 1.29 is 4.79 Å². The Hall–Kier alpha value is -2.18. The fraction of sp³-hybridized carbons (Fsp3) is 0.154. The predicted octanol–water partition coefficient (Wildman–Crippen LogP) is 1.11. The van der Waals surface area contributed by atoms with Crippen LogP contribution < -0.4 is 16.7 Å². The highest BCUT2D eigenvalue weighted by Gasteiger charge is 2.15. The highest BCUT2D eigenvalue weighted by atomic mass is 35.5. The van der Waals surface area contributed by atoms with Gasteiger partial charge in [0.15, 0.2) is 5.69 Å². The lowest BCUT2D eigenvalue weighted by Crippen LogP contribution is -2.36. The third-order valence-electron chi connectivity index (χ3n) is 2.92. The number of hydrogen-bond acceptors (Lipinski definition) is 4. The number of carbonyl (C=O) groups is 1. The van der Waals surface area contributed by atoms with Gasteiger partial charge in [-0.15, -0.1) is 0 Å². The highest BCUT2D eigenvalue weighted by Crippen LogP contribution is 2.22. The van der Waals surface area contributed by atoms with Gasteiger partial charge in [0.05, 0.1) is 5.69 Å². The summed E-state index contributed by atoms with van der Waals surface area (Å²) in [5.41, 5.74) is 3.24. The molecule has 0 fully saturated rings. The van der Waals surface area contributed by atoms with E-state index in [0.717, 1.165) is 5.56 Å². The second-order valence-electron chi connectivity index (χ2n) is 4.27. The average molecular weight is 293 g/mol. The summed E-state index contributed by atoms with van der Waals surface area (Å²) >= 11 is 6.07. The number of nitrogens with zero attached hydrogens (tertiary/aromatic N) is 2. The summed E-state index contributed by atoms with van der Waals surface area (Å²) in [5, 5.41) is 4.64. The minimum Gasteiger partial charge on any atom is -0.289 e. The monoisotopic (exact) mass is 292 g/mol. The van der Waals surface area contributed by atoms with Crippen LogP contribution in [-0.4, -0.2) is 15.7 Å². The summed E-state index contributed by atoms with van der Waals surface area (Å²) in [4.78, 5) is 23.3. The molecule has 2 aromatic rings. The number of hydrogen-bond donors (Lipinski definition) is 2. The van der Waals surface area contributed by atoms with Crippen molar-refractivity contribution in [2.24, 2.45) is 5.84 Å². The smallest absolute Gasteiger partial charge is 0.289 e. The van der Waals surface area contributed by atoms with Gasteiger partial charge in [0.1, 0.15) is 0 Å². The summed E-state index contributed by atoms with van der Waals surface area (Å²) in [6.45, 7) is 3.55. The minimum atomic E-state index is -0.733. The zero-order valence-electron chi connectivity index (χ0n) is 11.0. The number of hydrazine groups is 1. The van der Waals surface area contributed by atoms with Crippen LogP contribution in [0, 0.1) is 13.8 Å². The molecule has 0 aliphatic heterocycles. The Kier molecular flexibility index (Phi) is 3.87. The Morgan fingerprint density at radius 2 is 2.10 bits per heavy atom. The number of halogens is 1. The van der Waals surface area contributed by atoms with Gasteiger partial charge in [-0.2, -0.15) is 5.10 Å². The van der Waals surface area contributed by atoms with Crippen LogP contribution >= 0.6 is 11.6 Å². The molecule has 0 saturated carbocycles. The largest absolute Gasteiger partial charge is 0.289 e. The van der Waals surface area contributed by atoms with Crippen molar-refractivity contribution in [3.8, 4) is 5.69 Å². The maximum Gasteiger partial charge on any atom is 0.289 e. The predicted molar refractivity (Wildman–Crippen MR) is 76.0 cm³/mol. The normalized spacial score (nSPS) is 10.4. The fourth-order valence-electron chi connectivity index (χ4n) is 1.84. The molecule has 0 aliphatic carbocycles. The van der Waals surface area contributed by atoms with Crippen LogP contribution in [0.3, 0.4) is 0 Å². The number of nitrogens with two attached hydrogens (primary N) is 1. The number of aromatic nitrogens is 2. The highest BCUT2D eigenvalue weighted by molar-refractivity contribution is 6.31. The Bertz CT molecular complexity index is 740. The van der Waals surface area contributed by atoms with Gasteiger partial charge in [0.2, 0.25) is 5.43 Å². The number of carbonyl (C=O) groups excluding carboxylic acids is 1. The molecule has 1 aromatic heterocycles. The lowest BCUT2D eigenvalue weighted by atomic mass is 10.2. The molecule has 0 aliphatic rings. The van der Waals surface area contributed by atoms with Gasteiger partial charge >= 0.3 is 0 Å². The molecule has 7 heteroatoms. The fourth-order valence-corrected chi connectivity index (χ4v) is 2.01. The second-order valence-corrected chi connectivity index (χ2v) is 4.68. The van der Waals surface area contributed by atoms with Crippen LogP contribution in [0.25, 0.3) is 5.69 Å². The van der Waals surface area contributed by atoms with E-state index in [1.165, 1.54) is 10.7 Å². The second kappa shape index (κ2) is 5.44. The molecule has 0 bridgehead atoms. The summed E-state index contributed by atoms with van der Waals surface area (Å²) in [6, 6.07) is 6.66. The molecular weight excluding hydrogens is 280 g/mol. The quantitative estimate of drug-likeness (QED) is 0.493. The van der Waals surface area contributed by atoms with E-state index >= 15 is 0 Å². The van der Waals surface area contributed by atoms with Gasteiger partial charge in [-0.25, -0.2) is 10.5 Å². The van der Waals surface area contributed by atoms with Crippen LogP contribution in [0.2, 0.25) is 5.02 Å². The van der Waals surface area contributed by atoms with Gasteiger partial charge in [0.25, 0.3) is 5.91 Å². The van der Waals surface area contributed by atoms with Crippen molar-refractivity contribution in [2.45, 2.75) is 13.8 Å². The van der Waals surface area contributed by atoms with Gasteiger partial charge < -0.3 is 0 Å². The zero-order valence-corrected chi connectivity index (χ0v) is 11.7. The third kappa shape index (κ3) is 2.43. The van der Waals surface area contributed by atoms with E-state index in [1.54, 1.807) is 25.1 Å². The maximum absolute atomic E-state index is 11.8. The van der Waals surface area contributed by atoms with Gasteiger partial charge in [0, 0.05) is 16.8 Å². The number of rotatable bonds is 2. The summed E-state index contributed by atoms with van der Waals surface area (Å²) in [5.74, 6) is 4.31.